The molecular weight excluding hydrogens is 247 g/mol. The summed E-state index contributed by atoms with van der Waals surface area (Å²) in [6.45, 7) is 2.12. The highest BCUT2D eigenvalue weighted by Crippen LogP contribution is 2.45. The van der Waals surface area contributed by atoms with Crippen LogP contribution in [0.5, 0.6) is 0 Å². The normalized spacial score (nSPS) is 27.2. The maximum absolute atomic E-state index is 9.26. The molecule has 2 nitrogen and oxygen atoms in total. The van der Waals surface area contributed by atoms with E-state index >= 15 is 0 Å². The highest BCUT2D eigenvalue weighted by atomic mass is 32.2. The van der Waals surface area contributed by atoms with Gasteiger partial charge in [0.2, 0.25) is 0 Å². The van der Waals surface area contributed by atoms with Gasteiger partial charge in [-0.05, 0) is 25.5 Å². The van der Waals surface area contributed by atoms with Crippen LogP contribution in [-0.4, -0.2) is 27.0 Å². The Labute approximate surface area is 99.6 Å². The number of rotatable bonds is 2. The van der Waals surface area contributed by atoms with Crippen LogP contribution in [0.2, 0.25) is 0 Å². The minimum atomic E-state index is -1.75. The summed E-state index contributed by atoms with van der Waals surface area (Å²) in [6, 6.07) is 4.33. The van der Waals surface area contributed by atoms with Gasteiger partial charge in [0.05, 0.1) is 0 Å². The second-order valence-corrected chi connectivity index (χ2v) is 7.66. The SMILES string of the molecule is Cc1ccc(C2CSCC(P(O)O)C2)s1. The lowest BCUT2D eigenvalue weighted by atomic mass is 10.0. The van der Waals surface area contributed by atoms with Crippen molar-refractivity contribution in [2.45, 2.75) is 24.9 Å². The average molecular weight is 262 g/mol. The molecule has 1 aromatic heterocycles. The average Bonchev–Trinajstić information content (AvgIpc) is 2.65. The number of aryl methyl sites for hydroxylation is 1. The van der Waals surface area contributed by atoms with Crippen LogP contribution in [-0.2, 0) is 0 Å². The van der Waals surface area contributed by atoms with Gasteiger partial charge in [-0.25, -0.2) is 0 Å². The second-order valence-electron chi connectivity index (χ2n) is 3.89. The van der Waals surface area contributed by atoms with Gasteiger partial charge in [-0.2, -0.15) is 11.8 Å². The fourth-order valence-corrected chi connectivity index (χ4v) is 5.38. The smallest absolute Gasteiger partial charge is 0.169 e. The van der Waals surface area contributed by atoms with E-state index in [1.807, 2.05) is 23.1 Å². The summed E-state index contributed by atoms with van der Waals surface area (Å²) in [5, 5.41) is 0. The van der Waals surface area contributed by atoms with E-state index in [2.05, 4.69) is 19.1 Å². The van der Waals surface area contributed by atoms with Crippen LogP contribution in [0.1, 0.15) is 22.1 Å². The Bertz CT molecular complexity index is 327. The zero-order chi connectivity index (χ0) is 10.8. The van der Waals surface area contributed by atoms with E-state index in [0.29, 0.717) is 5.92 Å². The van der Waals surface area contributed by atoms with E-state index in [-0.39, 0.29) is 5.66 Å². The van der Waals surface area contributed by atoms with E-state index in [9.17, 15) is 9.79 Å². The monoisotopic (exact) mass is 262 g/mol. The van der Waals surface area contributed by atoms with Crippen molar-refractivity contribution in [3.63, 3.8) is 0 Å². The Morgan fingerprint density at radius 2 is 2.13 bits per heavy atom. The standard InChI is InChI=1S/C10H15O2PS2/c1-7-2-3-10(15-7)8-4-9(13(11)12)6-14-5-8/h2-3,8-9,11-12H,4-6H2,1H3. The van der Waals surface area contributed by atoms with Crippen LogP contribution < -0.4 is 0 Å². The molecule has 1 fully saturated rings. The summed E-state index contributed by atoms with van der Waals surface area (Å²) in [4.78, 5) is 21.3. The molecule has 0 aromatic carbocycles. The van der Waals surface area contributed by atoms with Gasteiger partial charge in [-0.15, -0.1) is 11.3 Å². The summed E-state index contributed by atoms with van der Waals surface area (Å²) in [6.07, 6.45) is 0.936. The molecular formula is C10H15O2PS2. The third kappa shape index (κ3) is 2.95. The molecule has 0 amide bonds. The number of thiophene rings is 1. The van der Waals surface area contributed by atoms with Crippen LogP contribution >= 0.6 is 31.5 Å². The van der Waals surface area contributed by atoms with Crippen molar-refractivity contribution < 1.29 is 9.79 Å². The lowest BCUT2D eigenvalue weighted by Gasteiger charge is -2.28. The summed E-state index contributed by atoms with van der Waals surface area (Å²) < 4.78 is 0. The summed E-state index contributed by atoms with van der Waals surface area (Å²) in [7, 11) is -1.75. The van der Waals surface area contributed by atoms with E-state index in [0.717, 1.165) is 17.9 Å². The molecule has 0 aliphatic carbocycles. The Hall–Kier alpha value is 0.400. The Morgan fingerprint density at radius 3 is 2.73 bits per heavy atom. The Morgan fingerprint density at radius 1 is 1.33 bits per heavy atom. The molecule has 2 atom stereocenters. The van der Waals surface area contributed by atoms with Gasteiger partial charge < -0.3 is 9.79 Å². The zero-order valence-electron chi connectivity index (χ0n) is 8.59. The molecule has 2 unspecified atom stereocenters. The fraction of sp³-hybridized carbons (Fsp3) is 0.600. The number of hydrogen-bond donors (Lipinski definition) is 2. The molecule has 1 aliphatic heterocycles. The lowest BCUT2D eigenvalue weighted by molar-refractivity contribution is 0.458. The van der Waals surface area contributed by atoms with E-state index in [1.165, 1.54) is 9.75 Å². The minimum Gasteiger partial charge on any atom is -0.350 e. The van der Waals surface area contributed by atoms with Crippen LogP contribution in [0.4, 0.5) is 0 Å². The van der Waals surface area contributed by atoms with Gasteiger partial charge in [0, 0.05) is 32.8 Å². The van der Waals surface area contributed by atoms with Gasteiger partial charge in [0.25, 0.3) is 0 Å². The topological polar surface area (TPSA) is 40.5 Å². The third-order valence-electron chi connectivity index (χ3n) is 2.68. The van der Waals surface area contributed by atoms with Gasteiger partial charge in [0.1, 0.15) is 0 Å². The van der Waals surface area contributed by atoms with E-state index in [4.69, 9.17) is 0 Å². The summed E-state index contributed by atoms with van der Waals surface area (Å²) >= 11 is 3.69. The van der Waals surface area contributed by atoms with Gasteiger partial charge in [-0.1, -0.05) is 0 Å². The maximum atomic E-state index is 9.26. The Balaban J connectivity index is 2.04. The quantitative estimate of drug-likeness (QED) is 0.805. The molecule has 1 aliphatic rings. The molecule has 0 saturated carbocycles. The summed E-state index contributed by atoms with van der Waals surface area (Å²) in [5.41, 5.74) is 0.103. The molecule has 0 spiro atoms. The van der Waals surface area contributed by atoms with Crippen molar-refractivity contribution >= 4 is 31.5 Å². The van der Waals surface area contributed by atoms with Crippen LogP contribution in [0.3, 0.4) is 0 Å². The van der Waals surface area contributed by atoms with Gasteiger partial charge in [0.15, 0.2) is 8.38 Å². The number of thioether (sulfide) groups is 1. The molecule has 15 heavy (non-hydrogen) atoms. The van der Waals surface area contributed by atoms with Gasteiger partial charge >= 0.3 is 0 Å². The largest absolute Gasteiger partial charge is 0.350 e. The molecule has 5 heteroatoms. The molecule has 2 heterocycles. The zero-order valence-corrected chi connectivity index (χ0v) is 11.1. The maximum Gasteiger partial charge on any atom is 0.169 e. The third-order valence-corrected chi connectivity index (χ3v) is 6.41. The predicted molar refractivity (Wildman–Crippen MR) is 68.9 cm³/mol. The first-order valence-corrected chi connectivity index (χ1v) is 8.26. The van der Waals surface area contributed by atoms with Gasteiger partial charge in [-0.3, -0.25) is 0 Å². The number of hydrogen-bond acceptors (Lipinski definition) is 4. The van der Waals surface area contributed by atoms with E-state index < -0.39 is 8.38 Å². The van der Waals surface area contributed by atoms with Crippen molar-refractivity contribution in [2.24, 2.45) is 0 Å². The van der Waals surface area contributed by atoms with Crippen LogP contribution in [0.15, 0.2) is 12.1 Å². The van der Waals surface area contributed by atoms with Crippen molar-refractivity contribution in [2.75, 3.05) is 11.5 Å². The van der Waals surface area contributed by atoms with Crippen molar-refractivity contribution in [1.82, 2.24) is 0 Å². The predicted octanol–water partition coefficient (Wildman–Crippen LogP) is 2.94. The first-order valence-electron chi connectivity index (χ1n) is 4.98. The first-order chi connectivity index (χ1) is 7.16. The molecule has 2 N–H and O–H groups in total. The highest BCUT2D eigenvalue weighted by molar-refractivity contribution is 7.99. The fourth-order valence-electron chi connectivity index (χ4n) is 1.84. The minimum absolute atomic E-state index is 0.103. The molecule has 84 valence electrons. The highest BCUT2D eigenvalue weighted by Gasteiger charge is 2.28. The molecule has 1 saturated heterocycles. The summed E-state index contributed by atoms with van der Waals surface area (Å²) in [5.74, 6) is 2.55. The molecule has 0 radical (unpaired) electrons. The van der Waals surface area contributed by atoms with Crippen molar-refractivity contribution in [1.29, 1.82) is 0 Å². The second kappa shape index (κ2) is 5.15. The first kappa shape index (κ1) is 11.9. The van der Waals surface area contributed by atoms with Crippen molar-refractivity contribution in [3.8, 4) is 0 Å². The van der Waals surface area contributed by atoms with Crippen molar-refractivity contribution in [3.05, 3.63) is 21.9 Å². The molecule has 0 bridgehead atoms. The molecule has 2 rings (SSSR count). The van der Waals surface area contributed by atoms with E-state index in [1.54, 1.807) is 0 Å². The van der Waals surface area contributed by atoms with Crippen LogP contribution in [0.25, 0.3) is 0 Å². The van der Waals surface area contributed by atoms with Crippen LogP contribution in [0, 0.1) is 6.92 Å². The lowest BCUT2D eigenvalue weighted by Crippen LogP contribution is -2.20. The molecule has 1 aromatic rings. The Kier molecular flexibility index (Phi) is 4.08.